The number of nitrogens with zero attached hydrogens (tertiary/aromatic N) is 1. The van der Waals surface area contributed by atoms with Crippen LogP contribution in [-0.4, -0.2) is 23.6 Å². The largest absolute Gasteiger partial charge is 0.385 e. The second kappa shape index (κ2) is 7.72. The Balaban J connectivity index is 1.80. The van der Waals surface area contributed by atoms with E-state index in [2.05, 4.69) is 80.4 Å². The maximum absolute atomic E-state index is 11.8. The highest BCUT2D eigenvalue weighted by Gasteiger charge is 2.45. The van der Waals surface area contributed by atoms with Crippen molar-refractivity contribution in [3.05, 3.63) is 71.3 Å². The second-order valence-corrected chi connectivity index (χ2v) is 7.91. The molecule has 2 nitrogen and oxygen atoms in total. The molecule has 3 rings (SSSR count). The summed E-state index contributed by atoms with van der Waals surface area (Å²) < 4.78 is 0. The van der Waals surface area contributed by atoms with E-state index in [0.717, 1.165) is 31.5 Å². The molecule has 1 N–H and O–H groups in total. The van der Waals surface area contributed by atoms with Gasteiger partial charge in [-0.25, -0.2) is 0 Å². The third kappa shape index (κ3) is 3.96. The summed E-state index contributed by atoms with van der Waals surface area (Å²) in [5.41, 5.74) is 2.92. The maximum atomic E-state index is 11.8. The van der Waals surface area contributed by atoms with Crippen LogP contribution >= 0.6 is 0 Å². The van der Waals surface area contributed by atoms with Crippen molar-refractivity contribution in [3.63, 3.8) is 0 Å². The van der Waals surface area contributed by atoms with E-state index in [1.807, 2.05) is 0 Å². The molecule has 0 saturated heterocycles. The van der Waals surface area contributed by atoms with Crippen molar-refractivity contribution in [2.75, 3.05) is 13.6 Å². The number of aryl methyl sites for hydroxylation is 1. The number of benzene rings is 2. The van der Waals surface area contributed by atoms with Crippen molar-refractivity contribution in [2.24, 2.45) is 11.8 Å². The Morgan fingerprint density at radius 3 is 2.56 bits per heavy atom. The zero-order valence-corrected chi connectivity index (χ0v) is 15.8. The molecule has 0 amide bonds. The van der Waals surface area contributed by atoms with Crippen LogP contribution in [0.15, 0.2) is 54.6 Å². The van der Waals surface area contributed by atoms with E-state index < -0.39 is 5.60 Å². The van der Waals surface area contributed by atoms with Crippen molar-refractivity contribution in [1.82, 2.24) is 4.90 Å². The van der Waals surface area contributed by atoms with E-state index in [-0.39, 0.29) is 11.8 Å². The Morgan fingerprint density at radius 1 is 1.08 bits per heavy atom. The molecule has 1 aliphatic carbocycles. The van der Waals surface area contributed by atoms with Gasteiger partial charge in [-0.2, -0.15) is 0 Å². The van der Waals surface area contributed by atoms with Crippen LogP contribution in [0.3, 0.4) is 0 Å². The molecule has 134 valence electrons. The van der Waals surface area contributed by atoms with Gasteiger partial charge < -0.3 is 10.0 Å². The number of rotatable bonds is 5. The standard InChI is InChI=1S/C23H31NO/c1-18-9-7-13-21(15-18)23(25)19(2)10-8-14-22(23)17-24(3)16-20-11-5-4-6-12-20/h4-7,9,11-13,15,19,22,25H,8,10,14,16-17H2,1-3H3. The predicted octanol–water partition coefficient (Wildman–Crippen LogP) is 4.75. The monoisotopic (exact) mass is 337 g/mol. The van der Waals surface area contributed by atoms with Crippen molar-refractivity contribution < 1.29 is 5.11 Å². The Labute approximate surface area is 152 Å². The van der Waals surface area contributed by atoms with Crippen LogP contribution in [0.2, 0.25) is 0 Å². The van der Waals surface area contributed by atoms with Crippen LogP contribution < -0.4 is 0 Å². The zero-order chi connectivity index (χ0) is 17.9. The fraction of sp³-hybridized carbons (Fsp3) is 0.478. The van der Waals surface area contributed by atoms with Crippen LogP contribution in [0, 0.1) is 18.8 Å². The van der Waals surface area contributed by atoms with Gasteiger partial charge in [0.05, 0.1) is 5.60 Å². The van der Waals surface area contributed by atoms with Crippen LogP contribution in [0.5, 0.6) is 0 Å². The average molecular weight is 338 g/mol. The third-order valence-corrected chi connectivity index (χ3v) is 5.87. The minimum absolute atomic E-state index is 0.270. The van der Waals surface area contributed by atoms with Crippen LogP contribution in [-0.2, 0) is 12.1 Å². The zero-order valence-electron chi connectivity index (χ0n) is 15.8. The quantitative estimate of drug-likeness (QED) is 0.851. The van der Waals surface area contributed by atoms with Gasteiger partial charge in [0.25, 0.3) is 0 Å². The molecule has 25 heavy (non-hydrogen) atoms. The topological polar surface area (TPSA) is 23.5 Å². The van der Waals surface area contributed by atoms with E-state index in [9.17, 15) is 5.11 Å². The highest BCUT2D eigenvalue weighted by atomic mass is 16.3. The summed E-state index contributed by atoms with van der Waals surface area (Å²) in [6.07, 6.45) is 3.40. The Morgan fingerprint density at radius 2 is 1.84 bits per heavy atom. The van der Waals surface area contributed by atoms with Crippen molar-refractivity contribution in [2.45, 2.75) is 45.3 Å². The van der Waals surface area contributed by atoms with E-state index in [1.165, 1.54) is 17.5 Å². The van der Waals surface area contributed by atoms with Gasteiger partial charge in [0.15, 0.2) is 0 Å². The summed E-state index contributed by atoms with van der Waals surface area (Å²) in [7, 11) is 2.17. The van der Waals surface area contributed by atoms with Crippen LogP contribution in [0.25, 0.3) is 0 Å². The summed E-state index contributed by atoms with van der Waals surface area (Å²) in [5, 5.41) is 11.8. The number of hydrogen-bond acceptors (Lipinski definition) is 2. The fourth-order valence-electron chi connectivity index (χ4n) is 4.49. The fourth-order valence-corrected chi connectivity index (χ4v) is 4.49. The summed E-state index contributed by atoms with van der Waals surface area (Å²) in [5.74, 6) is 0.560. The van der Waals surface area contributed by atoms with Gasteiger partial charge in [-0.05, 0) is 43.9 Å². The molecule has 0 heterocycles. The van der Waals surface area contributed by atoms with Crippen molar-refractivity contribution in [3.8, 4) is 0 Å². The maximum Gasteiger partial charge on any atom is 0.0962 e. The highest BCUT2D eigenvalue weighted by Crippen LogP contribution is 2.46. The van der Waals surface area contributed by atoms with Gasteiger partial charge in [0.2, 0.25) is 0 Å². The molecule has 0 bridgehead atoms. The molecule has 0 radical (unpaired) electrons. The van der Waals surface area contributed by atoms with Gasteiger partial charge in [-0.15, -0.1) is 0 Å². The van der Waals surface area contributed by atoms with E-state index in [4.69, 9.17) is 0 Å². The Hall–Kier alpha value is -1.64. The molecule has 2 aromatic carbocycles. The van der Waals surface area contributed by atoms with E-state index in [0.29, 0.717) is 0 Å². The first-order chi connectivity index (χ1) is 12.0. The molecule has 2 heteroatoms. The van der Waals surface area contributed by atoms with Crippen molar-refractivity contribution in [1.29, 1.82) is 0 Å². The average Bonchev–Trinajstić information content (AvgIpc) is 2.60. The third-order valence-electron chi connectivity index (χ3n) is 5.87. The molecule has 1 fully saturated rings. The number of hydrogen-bond donors (Lipinski definition) is 1. The summed E-state index contributed by atoms with van der Waals surface area (Å²) >= 11 is 0. The molecule has 0 aromatic heterocycles. The van der Waals surface area contributed by atoms with Gasteiger partial charge in [0, 0.05) is 19.0 Å². The molecule has 2 aromatic rings. The number of aliphatic hydroxyl groups is 1. The van der Waals surface area contributed by atoms with Gasteiger partial charge in [-0.3, -0.25) is 0 Å². The molecule has 0 aliphatic heterocycles. The highest BCUT2D eigenvalue weighted by molar-refractivity contribution is 5.29. The van der Waals surface area contributed by atoms with Crippen molar-refractivity contribution >= 4 is 0 Å². The van der Waals surface area contributed by atoms with Gasteiger partial charge in [0.1, 0.15) is 0 Å². The van der Waals surface area contributed by atoms with Crippen LogP contribution in [0.1, 0.15) is 42.9 Å². The Bertz CT molecular complexity index is 684. The minimum Gasteiger partial charge on any atom is -0.385 e. The lowest BCUT2D eigenvalue weighted by atomic mass is 9.65. The molecular weight excluding hydrogens is 306 g/mol. The summed E-state index contributed by atoms with van der Waals surface area (Å²) in [4.78, 5) is 2.36. The first-order valence-electron chi connectivity index (χ1n) is 9.52. The lowest BCUT2D eigenvalue weighted by molar-refractivity contribution is -0.103. The summed E-state index contributed by atoms with van der Waals surface area (Å²) in [6, 6.07) is 19.1. The molecule has 3 unspecified atom stereocenters. The van der Waals surface area contributed by atoms with Gasteiger partial charge in [-0.1, -0.05) is 73.5 Å². The minimum atomic E-state index is -0.727. The molecule has 1 saturated carbocycles. The molecule has 3 atom stereocenters. The second-order valence-electron chi connectivity index (χ2n) is 7.91. The van der Waals surface area contributed by atoms with Gasteiger partial charge >= 0.3 is 0 Å². The lowest BCUT2D eigenvalue weighted by Gasteiger charge is -2.46. The van der Waals surface area contributed by atoms with E-state index >= 15 is 0 Å². The van der Waals surface area contributed by atoms with Crippen LogP contribution in [0.4, 0.5) is 0 Å². The first-order valence-corrected chi connectivity index (χ1v) is 9.52. The Kier molecular flexibility index (Phi) is 5.61. The predicted molar refractivity (Wildman–Crippen MR) is 104 cm³/mol. The molecule has 0 spiro atoms. The first kappa shape index (κ1) is 18.2. The summed E-state index contributed by atoms with van der Waals surface area (Å²) in [6.45, 7) is 6.17. The lowest BCUT2D eigenvalue weighted by Crippen LogP contribution is -2.48. The normalized spacial score (nSPS) is 26.8. The molecular formula is C23H31NO. The molecule has 1 aliphatic rings. The SMILES string of the molecule is Cc1cccc(C2(O)C(C)CCCC2CN(C)Cc2ccccc2)c1. The van der Waals surface area contributed by atoms with E-state index in [1.54, 1.807) is 0 Å². The smallest absolute Gasteiger partial charge is 0.0962 e.